The molecule has 0 fully saturated rings. The van der Waals surface area contributed by atoms with E-state index in [-0.39, 0.29) is 32.5 Å². The van der Waals surface area contributed by atoms with Crippen molar-refractivity contribution in [3.63, 3.8) is 0 Å². The van der Waals surface area contributed by atoms with Crippen molar-refractivity contribution < 1.29 is 34.0 Å². The van der Waals surface area contributed by atoms with Crippen molar-refractivity contribution in [3.8, 4) is 0 Å². The molecule has 0 saturated heterocycles. The molecule has 2 nitrogen and oxygen atoms in total. The molecule has 1 aromatic rings. The summed E-state index contributed by atoms with van der Waals surface area (Å²) in [6.45, 7) is 2.07. The molecule has 4 heteroatoms. The Kier molecular flexibility index (Phi) is 4.81. The molecule has 0 saturated carbocycles. The maximum atomic E-state index is 11.3. The van der Waals surface area contributed by atoms with Gasteiger partial charge in [0.1, 0.15) is 0 Å². The quantitative estimate of drug-likeness (QED) is 0.594. The fourth-order valence-corrected chi connectivity index (χ4v) is 2.39. The summed E-state index contributed by atoms with van der Waals surface area (Å²) >= 11 is 1.74. The Morgan fingerprint density at radius 3 is 2.85 bits per heavy atom. The van der Waals surface area contributed by atoms with Crippen LogP contribution in [-0.4, -0.2) is 11.7 Å². The molecule has 0 bridgehead atoms. The van der Waals surface area contributed by atoms with Crippen molar-refractivity contribution in [2.45, 2.75) is 11.8 Å². The second kappa shape index (κ2) is 5.65. The van der Waals surface area contributed by atoms with Gasteiger partial charge in [0.2, 0.25) is 0 Å². The van der Waals surface area contributed by atoms with Crippen LogP contribution in [0.5, 0.6) is 0 Å². The fraction of sp³-hybridized carbons (Fsp3) is 0.222. The average Bonchev–Trinajstić information content (AvgIpc) is 2.18. The van der Waals surface area contributed by atoms with Crippen LogP contribution in [0.4, 0.5) is 0 Å². The standard InChI is InChI=1S/C9H10O2S.Hg/c1-2-12-8-6-4-3-5-7(8)9(10)11;/h3-6H,2H2,1H3,(H,10,11);/q;+1/p-1. The second-order valence-electron chi connectivity index (χ2n) is 2.36. The van der Waals surface area contributed by atoms with Crippen molar-refractivity contribution in [2.24, 2.45) is 0 Å². The number of benzene rings is 1. The first-order valence-electron chi connectivity index (χ1n) is 3.97. The molecule has 0 aromatic heterocycles. The summed E-state index contributed by atoms with van der Waals surface area (Å²) in [6.07, 6.45) is 0. The molecule has 0 aliphatic rings. The SMILES string of the molecule is CCSc1ccccc1C(=O)[O][Hg]. The van der Waals surface area contributed by atoms with Gasteiger partial charge in [-0.1, -0.05) is 0 Å². The Balaban J connectivity index is 2.97. The zero-order valence-corrected chi connectivity index (χ0v) is 13.8. The van der Waals surface area contributed by atoms with Crippen molar-refractivity contribution >= 4 is 17.7 Å². The zero-order valence-electron chi connectivity index (χ0n) is 7.45. The van der Waals surface area contributed by atoms with Crippen LogP contribution in [-0.2, 0) is 29.2 Å². The van der Waals surface area contributed by atoms with Crippen molar-refractivity contribution in [1.82, 2.24) is 0 Å². The summed E-state index contributed by atoms with van der Waals surface area (Å²) in [5, 5.41) is 0. The Morgan fingerprint density at radius 1 is 1.54 bits per heavy atom. The molecule has 0 atom stereocenters. The van der Waals surface area contributed by atoms with Gasteiger partial charge in [-0.05, 0) is 0 Å². The van der Waals surface area contributed by atoms with Crippen LogP contribution in [0.1, 0.15) is 17.3 Å². The molecule has 0 unspecified atom stereocenters. The predicted molar refractivity (Wildman–Crippen MR) is 48.3 cm³/mol. The van der Waals surface area contributed by atoms with Crippen molar-refractivity contribution in [2.75, 3.05) is 5.75 Å². The van der Waals surface area contributed by atoms with Crippen LogP contribution in [0.3, 0.4) is 0 Å². The fourth-order valence-electron chi connectivity index (χ4n) is 0.994. The van der Waals surface area contributed by atoms with Gasteiger partial charge in [0, 0.05) is 0 Å². The third kappa shape index (κ3) is 2.99. The van der Waals surface area contributed by atoms with E-state index in [2.05, 4.69) is 6.92 Å². The van der Waals surface area contributed by atoms with E-state index in [1.54, 1.807) is 11.8 Å². The summed E-state index contributed by atoms with van der Waals surface area (Å²) in [5.41, 5.74) is 0.698. The van der Waals surface area contributed by atoms with E-state index < -0.39 is 0 Å². The van der Waals surface area contributed by atoms with Gasteiger partial charge >= 0.3 is 99.1 Å². The summed E-state index contributed by atoms with van der Waals surface area (Å²) in [4.78, 5) is 12.3. The molecule has 0 aliphatic carbocycles. The molecule has 0 spiro atoms. The van der Waals surface area contributed by atoms with Crippen LogP contribution in [0, 0.1) is 0 Å². The van der Waals surface area contributed by atoms with Gasteiger partial charge in [0.25, 0.3) is 0 Å². The van der Waals surface area contributed by atoms with Gasteiger partial charge < -0.3 is 0 Å². The maximum absolute atomic E-state index is 11.3. The van der Waals surface area contributed by atoms with E-state index in [9.17, 15) is 4.79 Å². The van der Waals surface area contributed by atoms with Crippen molar-refractivity contribution in [1.29, 1.82) is 0 Å². The minimum absolute atomic E-state index is 0.0717. The van der Waals surface area contributed by atoms with Gasteiger partial charge in [0.05, 0.1) is 0 Å². The van der Waals surface area contributed by atoms with E-state index in [4.69, 9.17) is 2.64 Å². The Hall–Kier alpha value is -0.0249. The first kappa shape index (κ1) is 11.1. The Labute approximate surface area is 98.7 Å². The van der Waals surface area contributed by atoms with Crippen LogP contribution < -0.4 is 0 Å². The van der Waals surface area contributed by atoms with E-state index in [0.717, 1.165) is 10.6 Å². The number of rotatable bonds is 3. The van der Waals surface area contributed by atoms with E-state index in [1.165, 1.54) is 0 Å². The summed E-state index contributed by atoms with van der Waals surface area (Å²) < 4.78 is 4.87. The normalized spacial score (nSPS) is 9.77. The second-order valence-corrected chi connectivity index (χ2v) is 4.79. The summed E-state index contributed by atoms with van der Waals surface area (Å²) in [5.74, 6) is 0.788. The molecule has 0 aliphatic heterocycles. The van der Waals surface area contributed by atoms with Crippen LogP contribution in [0.2, 0.25) is 0 Å². The monoisotopic (exact) mass is 383 g/mol. The van der Waals surface area contributed by atoms with Gasteiger partial charge in [-0.25, -0.2) is 0 Å². The zero-order chi connectivity index (χ0) is 9.68. The van der Waals surface area contributed by atoms with Gasteiger partial charge in [0.15, 0.2) is 0 Å². The van der Waals surface area contributed by atoms with Crippen LogP contribution in [0.15, 0.2) is 29.2 Å². The first-order chi connectivity index (χ1) is 6.29. The van der Waals surface area contributed by atoms with Crippen LogP contribution in [0.25, 0.3) is 0 Å². The van der Waals surface area contributed by atoms with Crippen molar-refractivity contribution in [3.05, 3.63) is 29.8 Å². The molecule has 1 aromatic carbocycles. The molecular formula is C9H9HgO2S. The molecular weight excluding hydrogens is 373 g/mol. The average molecular weight is 382 g/mol. The number of hydrogen-bond donors (Lipinski definition) is 0. The molecule has 0 heterocycles. The molecule has 0 radical (unpaired) electrons. The summed E-state index contributed by atoms with van der Waals surface area (Å²) in [7, 11) is 0. The molecule has 0 amide bonds. The molecule has 13 heavy (non-hydrogen) atoms. The number of thioether (sulfide) groups is 1. The first-order valence-corrected chi connectivity index (χ1v) is 7.20. The van der Waals surface area contributed by atoms with E-state index >= 15 is 0 Å². The molecule has 65 valence electrons. The van der Waals surface area contributed by atoms with Gasteiger partial charge in [-0.2, -0.15) is 0 Å². The Morgan fingerprint density at radius 2 is 2.23 bits per heavy atom. The number of carbonyl (C=O) groups is 1. The van der Waals surface area contributed by atoms with Gasteiger partial charge in [-0.15, -0.1) is 0 Å². The molecule has 0 N–H and O–H groups in total. The number of hydrogen-bond acceptors (Lipinski definition) is 3. The summed E-state index contributed by atoms with van der Waals surface area (Å²) in [6, 6.07) is 7.56. The number of carbonyl (C=O) groups excluding carboxylic acids is 1. The third-order valence-corrected chi connectivity index (χ3v) is 3.51. The van der Waals surface area contributed by atoms with Gasteiger partial charge in [-0.3, -0.25) is 0 Å². The molecule has 1 rings (SSSR count). The third-order valence-electron chi connectivity index (χ3n) is 1.54. The Bertz CT molecular complexity index is 301. The minimum atomic E-state index is -0.181. The van der Waals surface area contributed by atoms with E-state index in [1.807, 2.05) is 24.3 Å². The van der Waals surface area contributed by atoms with E-state index in [0.29, 0.717) is 5.56 Å². The topological polar surface area (TPSA) is 26.3 Å². The predicted octanol–water partition coefficient (Wildman–Crippen LogP) is 2.42. The van der Waals surface area contributed by atoms with Crippen LogP contribution >= 0.6 is 11.8 Å².